The van der Waals surface area contributed by atoms with Crippen LogP contribution in [0.15, 0.2) is 42.5 Å². The van der Waals surface area contributed by atoms with Gasteiger partial charge in [-0.3, -0.25) is 14.3 Å². The SMILES string of the molecule is CC(c1ccccc1C(F)(F)F)N1CCn2nc3c(c2C1=O)CN(C(=O)c1ccc(Cl)c(Cl)c1)[C@H](C)C3. The van der Waals surface area contributed by atoms with Crippen LogP contribution in [0.5, 0.6) is 0 Å². The van der Waals surface area contributed by atoms with Gasteiger partial charge in [0.2, 0.25) is 0 Å². The summed E-state index contributed by atoms with van der Waals surface area (Å²) >= 11 is 12.1. The highest BCUT2D eigenvalue weighted by Crippen LogP contribution is 2.38. The van der Waals surface area contributed by atoms with E-state index < -0.39 is 23.7 Å². The molecule has 11 heteroatoms. The summed E-state index contributed by atoms with van der Waals surface area (Å²) in [5.41, 5.74) is 1.31. The zero-order chi connectivity index (χ0) is 26.6. The summed E-state index contributed by atoms with van der Waals surface area (Å²) in [6.45, 7) is 4.23. The topological polar surface area (TPSA) is 58.4 Å². The summed E-state index contributed by atoms with van der Waals surface area (Å²) in [5, 5.41) is 5.22. The van der Waals surface area contributed by atoms with Crippen molar-refractivity contribution in [3.63, 3.8) is 0 Å². The van der Waals surface area contributed by atoms with Gasteiger partial charge in [0.25, 0.3) is 11.8 Å². The maximum absolute atomic E-state index is 13.7. The Morgan fingerprint density at radius 2 is 1.84 bits per heavy atom. The van der Waals surface area contributed by atoms with Crippen LogP contribution in [-0.4, -0.2) is 44.0 Å². The zero-order valence-electron chi connectivity index (χ0n) is 20.0. The Hall–Kier alpha value is -3.04. The summed E-state index contributed by atoms with van der Waals surface area (Å²) in [7, 11) is 0. The normalized spacial score (nSPS) is 18.5. The number of rotatable bonds is 3. The summed E-state index contributed by atoms with van der Waals surface area (Å²) in [6, 6.07) is 8.98. The molecule has 0 bridgehead atoms. The second-order valence-electron chi connectivity index (χ2n) is 9.37. The average Bonchev–Trinajstić information content (AvgIpc) is 3.22. The fourth-order valence-electron chi connectivity index (χ4n) is 5.16. The molecule has 1 aromatic heterocycles. The van der Waals surface area contributed by atoms with Crippen molar-refractivity contribution in [3.05, 3.63) is 86.2 Å². The van der Waals surface area contributed by atoms with Crippen molar-refractivity contribution in [3.8, 4) is 0 Å². The molecule has 0 N–H and O–H groups in total. The highest BCUT2D eigenvalue weighted by Gasteiger charge is 2.40. The number of aromatic nitrogens is 2. The molecule has 6 nitrogen and oxygen atoms in total. The van der Waals surface area contributed by atoms with E-state index in [9.17, 15) is 22.8 Å². The molecule has 2 aliphatic rings. The van der Waals surface area contributed by atoms with Gasteiger partial charge in [0.1, 0.15) is 5.69 Å². The van der Waals surface area contributed by atoms with Crippen molar-refractivity contribution in [1.82, 2.24) is 19.6 Å². The maximum atomic E-state index is 13.7. The first-order valence-corrected chi connectivity index (χ1v) is 12.5. The zero-order valence-corrected chi connectivity index (χ0v) is 21.5. The van der Waals surface area contributed by atoms with Crippen LogP contribution in [-0.2, 0) is 25.7 Å². The molecular weight excluding hydrogens is 528 g/mol. The van der Waals surface area contributed by atoms with Gasteiger partial charge >= 0.3 is 6.18 Å². The van der Waals surface area contributed by atoms with E-state index in [-0.39, 0.29) is 35.6 Å². The largest absolute Gasteiger partial charge is 0.416 e. The summed E-state index contributed by atoms with van der Waals surface area (Å²) in [5.74, 6) is -0.662. The molecule has 2 amide bonds. The number of hydrogen-bond acceptors (Lipinski definition) is 3. The molecule has 37 heavy (non-hydrogen) atoms. The van der Waals surface area contributed by atoms with Crippen LogP contribution in [0.4, 0.5) is 13.2 Å². The van der Waals surface area contributed by atoms with E-state index in [1.165, 1.54) is 29.2 Å². The fraction of sp³-hybridized carbons (Fsp3) is 0.346. The standard InChI is InChI=1S/C26H23Cl2F3N4O2/c1-14-11-22-18(13-34(14)24(36)16-7-8-20(27)21(28)12-16)23-25(37)33(9-10-35(23)32-22)15(2)17-5-3-4-6-19(17)26(29,30)31/h3-8,12,14-15H,9-11,13H2,1-2H3/t14-,15?/m1/s1. The number of halogens is 5. The van der Waals surface area contributed by atoms with E-state index in [1.807, 2.05) is 6.92 Å². The lowest BCUT2D eigenvalue weighted by Gasteiger charge is -2.36. The maximum Gasteiger partial charge on any atom is 0.416 e. The van der Waals surface area contributed by atoms with Gasteiger partial charge in [-0.25, -0.2) is 0 Å². The number of hydrogen-bond donors (Lipinski definition) is 0. The molecule has 0 radical (unpaired) electrons. The first-order chi connectivity index (χ1) is 17.5. The third-order valence-corrected chi connectivity index (χ3v) is 7.85. The quantitative estimate of drug-likeness (QED) is 0.401. The van der Waals surface area contributed by atoms with Crippen LogP contribution < -0.4 is 0 Å². The van der Waals surface area contributed by atoms with Gasteiger partial charge in [-0.2, -0.15) is 18.3 Å². The first kappa shape index (κ1) is 25.6. The molecule has 0 saturated carbocycles. The lowest BCUT2D eigenvalue weighted by molar-refractivity contribution is -0.138. The fourth-order valence-corrected chi connectivity index (χ4v) is 5.46. The lowest BCUT2D eigenvalue weighted by atomic mass is 9.96. The molecule has 0 saturated heterocycles. The van der Waals surface area contributed by atoms with E-state index in [2.05, 4.69) is 5.10 Å². The molecule has 0 aliphatic carbocycles. The van der Waals surface area contributed by atoms with Crippen molar-refractivity contribution in [2.45, 2.75) is 51.6 Å². The third kappa shape index (κ3) is 4.48. The van der Waals surface area contributed by atoms with E-state index >= 15 is 0 Å². The molecule has 3 heterocycles. The van der Waals surface area contributed by atoms with Crippen molar-refractivity contribution in [2.24, 2.45) is 0 Å². The smallest absolute Gasteiger partial charge is 0.331 e. The average molecular weight is 551 g/mol. The van der Waals surface area contributed by atoms with E-state index in [1.54, 1.807) is 28.6 Å². The highest BCUT2D eigenvalue weighted by molar-refractivity contribution is 6.42. The van der Waals surface area contributed by atoms with Gasteiger partial charge < -0.3 is 9.80 Å². The number of carbonyl (C=O) groups is 2. The van der Waals surface area contributed by atoms with Gasteiger partial charge in [-0.05, 0) is 43.7 Å². The Labute approximate surface area is 221 Å². The molecule has 194 valence electrons. The monoisotopic (exact) mass is 550 g/mol. The van der Waals surface area contributed by atoms with Gasteiger partial charge in [-0.15, -0.1) is 0 Å². The summed E-state index contributed by atoms with van der Waals surface area (Å²) < 4.78 is 42.6. The van der Waals surface area contributed by atoms with Gasteiger partial charge in [-0.1, -0.05) is 41.4 Å². The second kappa shape index (κ2) is 9.36. The number of fused-ring (bicyclic) bond motifs is 3. The minimum Gasteiger partial charge on any atom is -0.331 e. The number of carbonyl (C=O) groups excluding carboxylic acids is 2. The van der Waals surface area contributed by atoms with Crippen molar-refractivity contribution < 1.29 is 22.8 Å². The number of alkyl halides is 3. The molecule has 0 spiro atoms. The minimum absolute atomic E-state index is 0.0372. The highest BCUT2D eigenvalue weighted by atomic mass is 35.5. The Kier molecular flexibility index (Phi) is 6.48. The second-order valence-corrected chi connectivity index (χ2v) is 10.2. The molecule has 1 unspecified atom stereocenters. The van der Waals surface area contributed by atoms with Crippen LogP contribution in [0.25, 0.3) is 0 Å². The Bertz CT molecular complexity index is 1400. The predicted octanol–water partition coefficient (Wildman–Crippen LogP) is 6.01. The van der Waals surface area contributed by atoms with Crippen molar-refractivity contribution >= 4 is 35.0 Å². The van der Waals surface area contributed by atoms with Crippen LogP contribution >= 0.6 is 23.2 Å². The minimum atomic E-state index is -4.54. The van der Waals surface area contributed by atoms with Crippen LogP contribution in [0.3, 0.4) is 0 Å². The van der Waals surface area contributed by atoms with Crippen molar-refractivity contribution in [1.29, 1.82) is 0 Å². The predicted molar refractivity (Wildman–Crippen MR) is 133 cm³/mol. The number of benzene rings is 2. The third-order valence-electron chi connectivity index (χ3n) is 7.11. The molecule has 2 aromatic carbocycles. The van der Waals surface area contributed by atoms with E-state index in [4.69, 9.17) is 23.2 Å². The van der Waals surface area contributed by atoms with Crippen LogP contribution in [0.2, 0.25) is 10.0 Å². The van der Waals surface area contributed by atoms with Gasteiger partial charge in [0.05, 0.1) is 40.4 Å². The molecule has 5 rings (SSSR count). The number of nitrogens with zero attached hydrogens (tertiary/aromatic N) is 4. The molecule has 3 aromatic rings. The van der Waals surface area contributed by atoms with Crippen LogP contribution in [0.1, 0.15) is 63.1 Å². The number of amides is 2. The van der Waals surface area contributed by atoms with E-state index in [0.717, 1.165) is 11.8 Å². The Morgan fingerprint density at radius 3 is 2.54 bits per heavy atom. The lowest BCUT2D eigenvalue weighted by Crippen LogP contribution is -2.45. The molecular formula is C26H23Cl2F3N4O2. The van der Waals surface area contributed by atoms with Gasteiger partial charge in [0.15, 0.2) is 0 Å². The Morgan fingerprint density at radius 1 is 1.11 bits per heavy atom. The van der Waals surface area contributed by atoms with Crippen LogP contribution in [0, 0.1) is 0 Å². The van der Waals surface area contributed by atoms with Crippen molar-refractivity contribution in [2.75, 3.05) is 6.54 Å². The summed E-state index contributed by atoms with van der Waals surface area (Å²) in [4.78, 5) is 30.1. The molecule has 2 aliphatic heterocycles. The van der Waals surface area contributed by atoms with E-state index in [0.29, 0.717) is 34.8 Å². The Balaban J connectivity index is 1.46. The summed E-state index contributed by atoms with van der Waals surface area (Å²) in [6.07, 6.45) is -4.09. The first-order valence-electron chi connectivity index (χ1n) is 11.8. The van der Waals surface area contributed by atoms with Gasteiger partial charge in [0, 0.05) is 30.1 Å². The molecule has 0 fully saturated rings. The molecule has 2 atom stereocenters.